The second kappa shape index (κ2) is 5.27. The Morgan fingerprint density at radius 3 is 2.72 bits per heavy atom. The number of rotatable bonds is 3. The van der Waals surface area contributed by atoms with E-state index in [0.717, 1.165) is 4.47 Å². The molecule has 0 fully saturated rings. The van der Waals surface area contributed by atoms with Crippen molar-refractivity contribution in [2.45, 2.75) is 13.5 Å². The molecule has 0 aliphatic heterocycles. The lowest BCUT2D eigenvalue weighted by Gasteiger charge is -2.05. The summed E-state index contributed by atoms with van der Waals surface area (Å²) < 4.78 is 1.90. The Hall–Kier alpha value is -1.75. The Labute approximate surface area is 112 Å². The van der Waals surface area contributed by atoms with Gasteiger partial charge in [0.15, 0.2) is 5.78 Å². The smallest absolute Gasteiger partial charge is 0.267 e. The number of benzene rings is 1. The lowest BCUT2D eigenvalue weighted by atomic mass is 10.1. The van der Waals surface area contributed by atoms with Gasteiger partial charge in [-0.1, -0.05) is 34.1 Å². The first-order valence-electron chi connectivity index (χ1n) is 5.40. The molecule has 1 heterocycles. The predicted molar refractivity (Wildman–Crippen MR) is 71.7 cm³/mol. The van der Waals surface area contributed by atoms with Crippen molar-refractivity contribution in [3.05, 3.63) is 62.5 Å². The van der Waals surface area contributed by atoms with E-state index in [4.69, 9.17) is 0 Å². The van der Waals surface area contributed by atoms with E-state index in [0.29, 0.717) is 11.3 Å². The SMILES string of the molecule is Cc1ccc(=O)n(CC(=O)c2ccccc2Br)n1. The lowest BCUT2D eigenvalue weighted by molar-refractivity contribution is 0.0965. The zero-order valence-electron chi connectivity index (χ0n) is 9.76. The Bertz CT molecular complexity index is 649. The van der Waals surface area contributed by atoms with Crippen LogP contribution in [0.25, 0.3) is 0 Å². The van der Waals surface area contributed by atoms with Crippen molar-refractivity contribution in [1.29, 1.82) is 0 Å². The number of Topliss-reactive ketones (excluding diaryl/α,β-unsaturated/α-hetero) is 1. The van der Waals surface area contributed by atoms with Gasteiger partial charge in [0.2, 0.25) is 0 Å². The second-order valence-corrected chi connectivity index (χ2v) is 4.73. The molecule has 0 amide bonds. The summed E-state index contributed by atoms with van der Waals surface area (Å²) in [6.07, 6.45) is 0. The summed E-state index contributed by atoms with van der Waals surface area (Å²) in [5.41, 5.74) is 0.975. The Morgan fingerprint density at radius 1 is 1.28 bits per heavy atom. The molecule has 18 heavy (non-hydrogen) atoms. The molecule has 0 radical (unpaired) electrons. The highest BCUT2D eigenvalue weighted by molar-refractivity contribution is 9.10. The van der Waals surface area contributed by atoms with Crippen LogP contribution in [0.5, 0.6) is 0 Å². The number of aromatic nitrogens is 2. The summed E-state index contributed by atoms with van der Waals surface area (Å²) in [5.74, 6) is -0.150. The maximum Gasteiger partial charge on any atom is 0.267 e. The van der Waals surface area contributed by atoms with Crippen LogP contribution in [-0.2, 0) is 6.54 Å². The molecule has 5 heteroatoms. The summed E-state index contributed by atoms with van der Waals surface area (Å²) in [7, 11) is 0. The molecule has 0 spiro atoms. The molecule has 0 atom stereocenters. The molecule has 0 bridgehead atoms. The van der Waals surface area contributed by atoms with Crippen LogP contribution in [0.1, 0.15) is 16.1 Å². The van der Waals surface area contributed by atoms with Gasteiger partial charge in [-0.25, -0.2) is 4.68 Å². The fourth-order valence-electron chi connectivity index (χ4n) is 1.57. The van der Waals surface area contributed by atoms with Crippen LogP contribution in [0.4, 0.5) is 0 Å². The minimum absolute atomic E-state index is 0.0525. The molecule has 2 rings (SSSR count). The molecular weight excluding hydrogens is 296 g/mol. The lowest BCUT2D eigenvalue weighted by Crippen LogP contribution is -2.26. The molecule has 4 nitrogen and oxygen atoms in total. The summed E-state index contributed by atoms with van der Waals surface area (Å²) in [5, 5.41) is 4.04. The highest BCUT2D eigenvalue weighted by Crippen LogP contribution is 2.16. The highest BCUT2D eigenvalue weighted by Gasteiger charge is 2.11. The van der Waals surface area contributed by atoms with Crippen molar-refractivity contribution in [3.8, 4) is 0 Å². The van der Waals surface area contributed by atoms with Gasteiger partial charge in [-0.3, -0.25) is 9.59 Å². The van der Waals surface area contributed by atoms with Gasteiger partial charge < -0.3 is 0 Å². The van der Waals surface area contributed by atoms with Gasteiger partial charge in [-0.05, 0) is 19.1 Å². The van der Waals surface area contributed by atoms with Gasteiger partial charge >= 0.3 is 0 Å². The first kappa shape index (κ1) is 12.7. The monoisotopic (exact) mass is 306 g/mol. The standard InChI is InChI=1S/C13H11BrN2O2/c1-9-6-7-13(18)16(15-9)8-12(17)10-4-2-3-5-11(10)14/h2-7H,8H2,1H3. The van der Waals surface area contributed by atoms with Crippen molar-refractivity contribution < 1.29 is 4.79 Å². The molecule has 0 saturated carbocycles. The Balaban J connectivity index is 2.30. The van der Waals surface area contributed by atoms with Gasteiger partial charge in [-0.2, -0.15) is 5.10 Å². The van der Waals surface area contributed by atoms with E-state index >= 15 is 0 Å². The van der Waals surface area contributed by atoms with Gasteiger partial charge in [0, 0.05) is 16.1 Å². The third-order valence-corrected chi connectivity index (χ3v) is 3.16. The van der Waals surface area contributed by atoms with Gasteiger partial charge in [-0.15, -0.1) is 0 Å². The maximum atomic E-state index is 12.1. The number of ketones is 1. The van der Waals surface area contributed by atoms with Gasteiger partial charge in [0.1, 0.15) is 6.54 Å². The topological polar surface area (TPSA) is 52.0 Å². The number of carbonyl (C=O) groups excluding carboxylic acids is 1. The van der Waals surface area contributed by atoms with E-state index in [1.165, 1.54) is 10.7 Å². The molecule has 0 unspecified atom stereocenters. The molecule has 2 aromatic rings. The molecule has 92 valence electrons. The second-order valence-electron chi connectivity index (χ2n) is 3.87. The predicted octanol–water partition coefficient (Wildman–Crippen LogP) is 2.20. The molecule has 1 aromatic carbocycles. The number of halogens is 1. The third kappa shape index (κ3) is 2.73. The minimum atomic E-state index is -0.277. The van der Waals surface area contributed by atoms with Crippen LogP contribution in [-0.4, -0.2) is 15.6 Å². The van der Waals surface area contributed by atoms with Crippen molar-refractivity contribution >= 4 is 21.7 Å². The van der Waals surface area contributed by atoms with Crippen LogP contribution in [0.3, 0.4) is 0 Å². The Kier molecular flexibility index (Phi) is 3.72. The Morgan fingerprint density at radius 2 is 2.00 bits per heavy atom. The van der Waals surface area contributed by atoms with Crippen LogP contribution in [0.15, 0.2) is 45.7 Å². The first-order chi connectivity index (χ1) is 8.58. The van der Waals surface area contributed by atoms with Crippen LogP contribution < -0.4 is 5.56 Å². The summed E-state index contributed by atoms with van der Waals surface area (Å²) in [6, 6.07) is 10.2. The number of hydrogen-bond acceptors (Lipinski definition) is 3. The summed E-state index contributed by atoms with van der Waals surface area (Å²) >= 11 is 3.31. The molecule has 1 aromatic heterocycles. The van der Waals surface area contributed by atoms with Crippen molar-refractivity contribution in [1.82, 2.24) is 9.78 Å². The van der Waals surface area contributed by atoms with Crippen molar-refractivity contribution in [3.63, 3.8) is 0 Å². The molecule has 0 saturated heterocycles. The van der Waals surface area contributed by atoms with E-state index in [-0.39, 0.29) is 17.9 Å². The quantitative estimate of drug-likeness (QED) is 0.817. The largest absolute Gasteiger partial charge is 0.292 e. The maximum absolute atomic E-state index is 12.1. The molecule has 0 aliphatic rings. The van der Waals surface area contributed by atoms with Crippen molar-refractivity contribution in [2.75, 3.05) is 0 Å². The average Bonchev–Trinajstić information content (AvgIpc) is 2.34. The number of carbonyl (C=O) groups is 1. The van der Waals surface area contributed by atoms with Crippen molar-refractivity contribution in [2.24, 2.45) is 0 Å². The average molecular weight is 307 g/mol. The van der Waals surface area contributed by atoms with Crippen LogP contribution >= 0.6 is 15.9 Å². The zero-order chi connectivity index (χ0) is 13.1. The number of hydrogen-bond donors (Lipinski definition) is 0. The van der Waals surface area contributed by atoms with E-state index in [1.807, 2.05) is 6.07 Å². The van der Waals surface area contributed by atoms with E-state index < -0.39 is 0 Å². The van der Waals surface area contributed by atoms with Gasteiger partial charge in [0.25, 0.3) is 5.56 Å². The first-order valence-corrected chi connectivity index (χ1v) is 6.20. The molecule has 0 N–H and O–H groups in total. The summed E-state index contributed by atoms with van der Waals surface area (Å²) in [4.78, 5) is 23.6. The minimum Gasteiger partial charge on any atom is -0.292 e. The van der Waals surface area contributed by atoms with E-state index in [2.05, 4.69) is 21.0 Å². The van der Waals surface area contributed by atoms with E-state index in [1.54, 1.807) is 31.2 Å². The van der Waals surface area contributed by atoms with Gasteiger partial charge in [0.05, 0.1) is 5.69 Å². The molecule has 0 aliphatic carbocycles. The van der Waals surface area contributed by atoms with Crippen LogP contribution in [0, 0.1) is 6.92 Å². The van der Waals surface area contributed by atoms with E-state index in [9.17, 15) is 9.59 Å². The summed E-state index contributed by atoms with van der Waals surface area (Å²) in [6.45, 7) is 1.72. The third-order valence-electron chi connectivity index (χ3n) is 2.47. The zero-order valence-corrected chi connectivity index (χ0v) is 11.3. The number of aryl methyl sites for hydroxylation is 1. The number of nitrogens with zero attached hydrogens (tertiary/aromatic N) is 2. The molecular formula is C13H11BrN2O2. The normalized spacial score (nSPS) is 10.3. The fourth-order valence-corrected chi connectivity index (χ4v) is 2.08. The van der Waals surface area contributed by atoms with Crippen LogP contribution in [0.2, 0.25) is 0 Å². The fraction of sp³-hybridized carbons (Fsp3) is 0.154. The highest BCUT2D eigenvalue weighted by atomic mass is 79.9.